The van der Waals surface area contributed by atoms with Gasteiger partial charge in [0, 0.05) is 11.1 Å². The number of para-hydroxylation sites is 1. The van der Waals surface area contributed by atoms with E-state index in [0.717, 1.165) is 42.7 Å². The fourth-order valence-electron chi connectivity index (χ4n) is 7.26. The van der Waals surface area contributed by atoms with E-state index in [9.17, 15) is 5.11 Å². The summed E-state index contributed by atoms with van der Waals surface area (Å²) in [7, 11) is 0. The maximum atomic E-state index is 10.2. The third-order valence-electron chi connectivity index (χ3n) is 8.91. The maximum Gasteiger partial charge on any atom is 0.0577 e. The van der Waals surface area contributed by atoms with Gasteiger partial charge in [0.2, 0.25) is 0 Å². The van der Waals surface area contributed by atoms with Crippen LogP contribution in [-0.4, -0.2) is 16.9 Å². The molecule has 5 rings (SSSR count). The van der Waals surface area contributed by atoms with Gasteiger partial charge in [0.1, 0.15) is 0 Å². The molecule has 0 unspecified atom stereocenters. The third kappa shape index (κ3) is 2.77. The van der Waals surface area contributed by atoms with Gasteiger partial charge in [-0.2, -0.15) is 5.10 Å². The Morgan fingerprint density at radius 1 is 1.00 bits per heavy atom. The van der Waals surface area contributed by atoms with E-state index >= 15 is 0 Å². The molecule has 3 heteroatoms. The van der Waals surface area contributed by atoms with Crippen LogP contribution in [0.5, 0.6) is 0 Å². The molecule has 3 fully saturated rings. The Hall–Kier alpha value is -1.61. The second-order valence-corrected chi connectivity index (χ2v) is 10.2. The Labute approximate surface area is 169 Å². The van der Waals surface area contributed by atoms with Crippen molar-refractivity contribution >= 4 is 11.4 Å². The summed E-state index contributed by atoms with van der Waals surface area (Å²) in [6, 6.07) is 10.3. The SMILES string of the molecule is C[C@]12CC[C@H](O)CC1=CC[C@@H]1[C@@H]2CC[C@]2(C)/C(=N/Nc3ccccc3)CC[C@@H]12. The van der Waals surface area contributed by atoms with Crippen LogP contribution in [0.2, 0.25) is 0 Å². The molecule has 0 heterocycles. The summed E-state index contributed by atoms with van der Waals surface area (Å²) in [6.07, 6.45) is 11.7. The first-order chi connectivity index (χ1) is 13.5. The first-order valence-electron chi connectivity index (χ1n) is 11.3. The van der Waals surface area contributed by atoms with E-state index in [2.05, 4.69) is 49.6 Å². The summed E-state index contributed by atoms with van der Waals surface area (Å²) >= 11 is 0. The van der Waals surface area contributed by atoms with Crippen molar-refractivity contribution in [3.05, 3.63) is 42.0 Å². The Morgan fingerprint density at radius 2 is 1.75 bits per heavy atom. The van der Waals surface area contributed by atoms with Crippen LogP contribution < -0.4 is 5.43 Å². The molecule has 4 aliphatic rings. The fourth-order valence-corrected chi connectivity index (χ4v) is 7.26. The summed E-state index contributed by atoms with van der Waals surface area (Å²) in [5.74, 6) is 2.33. The number of nitrogens with zero attached hydrogens (tertiary/aromatic N) is 1. The zero-order valence-corrected chi connectivity index (χ0v) is 17.3. The number of nitrogens with one attached hydrogen (secondary N) is 1. The van der Waals surface area contributed by atoms with Crippen LogP contribution in [0.1, 0.15) is 65.2 Å². The molecule has 3 saturated carbocycles. The van der Waals surface area contributed by atoms with Crippen LogP contribution in [-0.2, 0) is 0 Å². The van der Waals surface area contributed by atoms with Crippen molar-refractivity contribution in [3.63, 3.8) is 0 Å². The summed E-state index contributed by atoms with van der Waals surface area (Å²) in [4.78, 5) is 0. The average molecular weight is 379 g/mol. The molecule has 0 bridgehead atoms. The minimum atomic E-state index is -0.112. The number of hydrogen-bond acceptors (Lipinski definition) is 3. The number of benzene rings is 1. The average Bonchev–Trinajstić information content (AvgIpc) is 3.04. The molecule has 0 amide bonds. The van der Waals surface area contributed by atoms with Crippen LogP contribution in [0, 0.1) is 28.6 Å². The molecule has 2 N–H and O–H groups in total. The molecule has 0 spiro atoms. The van der Waals surface area contributed by atoms with Crippen LogP contribution in [0.15, 0.2) is 47.1 Å². The minimum Gasteiger partial charge on any atom is -0.393 e. The normalized spacial score (nSPS) is 43.7. The van der Waals surface area contributed by atoms with Crippen molar-refractivity contribution < 1.29 is 5.11 Å². The summed E-state index contributed by atoms with van der Waals surface area (Å²) in [6.45, 7) is 4.99. The molecule has 28 heavy (non-hydrogen) atoms. The third-order valence-corrected chi connectivity index (χ3v) is 8.91. The molecule has 6 atom stereocenters. The number of rotatable bonds is 2. The number of aliphatic hydroxyl groups excluding tert-OH is 1. The Kier molecular flexibility index (Phi) is 4.42. The predicted octanol–water partition coefficient (Wildman–Crippen LogP) is 5.78. The molecule has 0 aliphatic heterocycles. The standard InChI is InChI=1S/C25H34N2O/c1-24-14-12-19(28)16-17(24)8-9-20-21-10-11-23(25(21,2)15-13-22(20)24)27-26-18-6-4-3-5-7-18/h3-8,19-22,26,28H,9-16H2,1-2H3/b27-23+/t19-,20-,21-,22-,24-,25-/m0/s1. The van der Waals surface area contributed by atoms with Gasteiger partial charge in [-0.1, -0.05) is 43.7 Å². The van der Waals surface area contributed by atoms with Gasteiger partial charge in [-0.15, -0.1) is 0 Å². The van der Waals surface area contributed by atoms with Crippen molar-refractivity contribution in [2.45, 2.75) is 71.3 Å². The molecule has 0 radical (unpaired) electrons. The van der Waals surface area contributed by atoms with Gasteiger partial charge < -0.3 is 5.11 Å². The van der Waals surface area contributed by atoms with Crippen molar-refractivity contribution in [2.75, 3.05) is 5.43 Å². The number of hydrazone groups is 1. The second kappa shape index (κ2) is 6.73. The fraction of sp³-hybridized carbons (Fsp3) is 0.640. The predicted molar refractivity (Wildman–Crippen MR) is 115 cm³/mol. The van der Waals surface area contributed by atoms with Crippen molar-refractivity contribution in [2.24, 2.45) is 33.7 Å². The molecular formula is C25H34N2O. The molecule has 0 saturated heterocycles. The molecule has 4 aliphatic carbocycles. The number of aliphatic hydroxyl groups is 1. The number of allylic oxidation sites excluding steroid dienone is 1. The van der Waals surface area contributed by atoms with E-state index in [1.165, 1.54) is 37.8 Å². The lowest BCUT2D eigenvalue weighted by molar-refractivity contribution is -0.0209. The Morgan fingerprint density at radius 3 is 2.57 bits per heavy atom. The zero-order chi connectivity index (χ0) is 19.4. The van der Waals surface area contributed by atoms with Crippen LogP contribution >= 0.6 is 0 Å². The van der Waals surface area contributed by atoms with E-state index in [4.69, 9.17) is 5.10 Å². The highest BCUT2D eigenvalue weighted by Gasteiger charge is 2.57. The summed E-state index contributed by atoms with van der Waals surface area (Å²) in [5.41, 5.74) is 7.93. The molecule has 3 nitrogen and oxygen atoms in total. The lowest BCUT2D eigenvalue weighted by atomic mass is 9.48. The van der Waals surface area contributed by atoms with E-state index in [0.29, 0.717) is 5.41 Å². The van der Waals surface area contributed by atoms with E-state index in [-0.39, 0.29) is 11.5 Å². The molecule has 0 aromatic heterocycles. The highest BCUT2D eigenvalue weighted by molar-refractivity contribution is 5.93. The quantitative estimate of drug-likeness (QED) is 0.506. The van der Waals surface area contributed by atoms with Gasteiger partial charge in [0.15, 0.2) is 0 Å². The maximum absolute atomic E-state index is 10.2. The first-order valence-corrected chi connectivity index (χ1v) is 11.3. The molecular weight excluding hydrogens is 344 g/mol. The lowest BCUT2D eigenvalue weighted by Gasteiger charge is -2.57. The smallest absolute Gasteiger partial charge is 0.0577 e. The van der Waals surface area contributed by atoms with Gasteiger partial charge in [-0.25, -0.2) is 0 Å². The van der Waals surface area contributed by atoms with Crippen molar-refractivity contribution in [3.8, 4) is 0 Å². The van der Waals surface area contributed by atoms with Crippen LogP contribution in [0.3, 0.4) is 0 Å². The molecule has 1 aromatic carbocycles. The molecule has 1 aromatic rings. The summed E-state index contributed by atoms with van der Waals surface area (Å²) in [5, 5.41) is 15.1. The largest absolute Gasteiger partial charge is 0.393 e. The highest BCUT2D eigenvalue weighted by atomic mass is 16.3. The first kappa shape index (κ1) is 18.4. The topological polar surface area (TPSA) is 44.6 Å². The number of hydrogen-bond donors (Lipinski definition) is 2. The summed E-state index contributed by atoms with van der Waals surface area (Å²) < 4.78 is 0. The number of fused-ring (bicyclic) bond motifs is 5. The van der Waals surface area contributed by atoms with Crippen molar-refractivity contribution in [1.82, 2.24) is 0 Å². The van der Waals surface area contributed by atoms with Crippen LogP contribution in [0.25, 0.3) is 0 Å². The van der Waals surface area contributed by atoms with Crippen molar-refractivity contribution in [1.29, 1.82) is 0 Å². The van der Waals surface area contributed by atoms with Crippen LogP contribution in [0.4, 0.5) is 5.69 Å². The number of anilines is 1. The van der Waals surface area contributed by atoms with Gasteiger partial charge in [0.25, 0.3) is 0 Å². The van der Waals surface area contributed by atoms with E-state index in [1.54, 1.807) is 5.57 Å². The van der Waals surface area contributed by atoms with Gasteiger partial charge >= 0.3 is 0 Å². The second-order valence-electron chi connectivity index (χ2n) is 10.2. The minimum absolute atomic E-state index is 0.112. The van der Waals surface area contributed by atoms with E-state index in [1.807, 2.05) is 6.07 Å². The Balaban J connectivity index is 1.39. The van der Waals surface area contributed by atoms with Gasteiger partial charge in [0.05, 0.1) is 11.8 Å². The zero-order valence-electron chi connectivity index (χ0n) is 17.3. The van der Waals surface area contributed by atoms with Gasteiger partial charge in [-0.05, 0) is 86.7 Å². The van der Waals surface area contributed by atoms with E-state index < -0.39 is 0 Å². The Bertz CT molecular complexity index is 800. The highest BCUT2D eigenvalue weighted by Crippen LogP contribution is 2.64. The lowest BCUT2D eigenvalue weighted by Crippen LogP contribution is -2.50. The molecule has 150 valence electrons. The van der Waals surface area contributed by atoms with Gasteiger partial charge in [-0.3, -0.25) is 5.43 Å². The monoisotopic (exact) mass is 378 g/mol.